The number of aromatic amines is 1. The van der Waals surface area contributed by atoms with Gasteiger partial charge in [-0.15, -0.1) is 0 Å². The maximum absolute atomic E-state index is 12.8. The second kappa shape index (κ2) is 10.9. The van der Waals surface area contributed by atoms with Crippen molar-refractivity contribution in [3.05, 3.63) is 54.1 Å². The third-order valence-electron chi connectivity index (χ3n) is 6.59. The minimum Gasteiger partial charge on any atom is -0.497 e. The SMILES string of the molecule is COc1ccc(-c2[nH]c3ccccc3c2CCC(=O)NCC(C(C)C)N2CCOCC2)cc1. The van der Waals surface area contributed by atoms with Crippen molar-refractivity contribution >= 4 is 16.8 Å². The summed E-state index contributed by atoms with van der Waals surface area (Å²) >= 11 is 0. The fraction of sp³-hybridized carbons (Fsp3) is 0.444. The summed E-state index contributed by atoms with van der Waals surface area (Å²) in [6.45, 7) is 8.52. The summed E-state index contributed by atoms with van der Waals surface area (Å²) in [5, 5.41) is 4.37. The Hall–Kier alpha value is -2.83. The molecule has 2 N–H and O–H groups in total. The van der Waals surface area contributed by atoms with Crippen LogP contribution in [0.25, 0.3) is 22.2 Å². The molecule has 0 aliphatic carbocycles. The molecule has 2 aromatic carbocycles. The van der Waals surface area contributed by atoms with Crippen LogP contribution in [-0.2, 0) is 16.0 Å². The lowest BCUT2D eigenvalue weighted by atomic mass is 10.00. The molecule has 1 amide bonds. The van der Waals surface area contributed by atoms with Crippen LogP contribution >= 0.6 is 0 Å². The number of hydrogen-bond donors (Lipinski definition) is 2. The van der Waals surface area contributed by atoms with Crippen LogP contribution in [0.3, 0.4) is 0 Å². The Balaban J connectivity index is 1.45. The summed E-state index contributed by atoms with van der Waals surface area (Å²) < 4.78 is 10.8. The van der Waals surface area contributed by atoms with Crippen LogP contribution in [0.4, 0.5) is 0 Å². The first-order chi connectivity index (χ1) is 16.1. The number of morpholine rings is 1. The minimum atomic E-state index is 0.0971. The van der Waals surface area contributed by atoms with Crippen molar-refractivity contribution in [3.63, 3.8) is 0 Å². The van der Waals surface area contributed by atoms with E-state index in [0.29, 0.717) is 31.3 Å². The molecule has 1 unspecified atom stereocenters. The number of rotatable bonds is 9. The van der Waals surface area contributed by atoms with E-state index in [0.717, 1.165) is 48.8 Å². The third-order valence-corrected chi connectivity index (χ3v) is 6.59. The number of aryl methyl sites for hydroxylation is 1. The normalized spacial score (nSPS) is 15.6. The zero-order valence-corrected chi connectivity index (χ0v) is 19.9. The van der Waals surface area contributed by atoms with Crippen molar-refractivity contribution in [2.24, 2.45) is 5.92 Å². The van der Waals surface area contributed by atoms with Crippen LogP contribution in [0.5, 0.6) is 5.75 Å². The lowest BCUT2D eigenvalue weighted by Crippen LogP contribution is -2.51. The van der Waals surface area contributed by atoms with Crippen molar-refractivity contribution in [2.75, 3.05) is 40.0 Å². The summed E-state index contributed by atoms with van der Waals surface area (Å²) in [6.07, 6.45) is 1.14. The molecule has 1 aromatic heterocycles. The molecule has 176 valence electrons. The monoisotopic (exact) mass is 449 g/mol. The van der Waals surface area contributed by atoms with Crippen LogP contribution in [0.1, 0.15) is 25.8 Å². The van der Waals surface area contributed by atoms with Crippen LogP contribution in [-0.4, -0.2) is 61.8 Å². The maximum atomic E-state index is 12.8. The van der Waals surface area contributed by atoms with E-state index in [9.17, 15) is 4.79 Å². The number of H-pyrrole nitrogens is 1. The van der Waals surface area contributed by atoms with Crippen molar-refractivity contribution in [1.82, 2.24) is 15.2 Å². The number of amides is 1. The van der Waals surface area contributed by atoms with Gasteiger partial charge >= 0.3 is 0 Å². The molecular weight excluding hydrogens is 414 g/mol. The van der Waals surface area contributed by atoms with Gasteiger partial charge < -0.3 is 19.8 Å². The van der Waals surface area contributed by atoms with E-state index in [1.807, 2.05) is 24.3 Å². The first-order valence-corrected chi connectivity index (χ1v) is 11.9. The van der Waals surface area contributed by atoms with E-state index in [2.05, 4.69) is 53.3 Å². The fourth-order valence-corrected chi connectivity index (χ4v) is 4.70. The molecule has 1 saturated heterocycles. The topological polar surface area (TPSA) is 66.6 Å². The average Bonchev–Trinajstić information content (AvgIpc) is 3.22. The molecule has 0 saturated carbocycles. The molecule has 0 radical (unpaired) electrons. The number of carbonyl (C=O) groups excluding carboxylic acids is 1. The highest BCUT2D eigenvalue weighted by atomic mass is 16.5. The molecule has 0 bridgehead atoms. The van der Waals surface area contributed by atoms with Crippen LogP contribution in [0.15, 0.2) is 48.5 Å². The van der Waals surface area contributed by atoms with Gasteiger partial charge in [0, 0.05) is 48.7 Å². The van der Waals surface area contributed by atoms with Gasteiger partial charge in [0.2, 0.25) is 5.91 Å². The summed E-state index contributed by atoms with van der Waals surface area (Å²) in [5.74, 6) is 1.40. The number of benzene rings is 2. The molecule has 2 heterocycles. The van der Waals surface area contributed by atoms with Crippen molar-refractivity contribution in [2.45, 2.75) is 32.7 Å². The Morgan fingerprint density at radius 2 is 1.85 bits per heavy atom. The summed E-state index contributed by atoms with van der Waals surface area (Å²) in [7, 11) is 1.67. The Morgan fingerprint density at radius 1 is 1.12 bits per heavy atom. The fourth-order valence-electron chi connectivity index (χ4n) is 4.70. The number of nitrogens with zero attached hydrogens (tertiary/aromatic N) is 1. The number of carbonyl (C=O) groups is 1. The van der Waals surface area contributed by atoms with E-state index in [4.69, 9.17) is 9.47 Å². The Kier molecular flexibility index (Phi) is 7.68. The van der Waals surface area contributed by atoms with Gasteiger partial charge in [-0.25, -0.2) is 0 Å². The van der Waals surface area contributed by atoms with Gasteiger partial charge in [0.1, 0.15) is 5.75 Å². The number of methoxy groups -OCH3 is 1. The molecule has 0 spiro atoms. The van der Waals surface area contributed by atoms with Gasteiger partial charge in [0.15, 0.2) is 0 Å². The predicted molar refractivity (Wildman–Crippen MR) is 133 cm³/mol. The number of fused-ring (bicyclic) bond motifs is 1. The Labute approximate surface area is 196 Å². The number of ether oxygens (including phenoxy) is 2. The minimum absolute atomic E-state index is 0.0971. The lowest BCUT2D eigenvalue weighted by Gasteiger charge is -2.36. The second-order valence-corrected chi connectivity index (χ2v) is 9.02. The largest absolute Gasteiger partial charge is 0.497 e. The van der Waals surface area contributed by atoms with Gasteiger partial charge in [-0.2, -0.15) is 0 Å². The van der Waals surface area contributed by atoms with Gasteiger partial charge in [0.25, 0.3) is 0 Å². The third kappa shape index (κ3) is 5.57. The highest BCUT2D eigenvalue weighted by Crippen LogP contribution is 2.32. The van der Waals surface area contributed by atoms with E-state index < -0.39 is 0 Å². The zero-order valence-electron chi connectivity index (χ0n) is 19.9. The van der Waals surface area contributed by atoms with Crippen molar-refractivity contribution in [1.29, 1.82) is 0 Å². The van der Waals surface area contributed by atoms with Gasteiger partial charge in [-0.3, -0.25) is 9.69 Å². The standard InChI is InChI=1S/C27H35N3O3/c1-19(2)25(30-14-16-33-17-15-30)18-28-26(31)13-12-23-22-6-4-5-7-24(22)29-27(23)20-8-10-21(32-3)11-9-20/h4-11,19,25,29H,12-18H2,1-3H3,(H,28,31). The van der Waals surface area contributed by atoms with E-state index in [1.165, 1.54) is 10.9 Å². The highest BCUT2D eigenvalue weighted by molar-refractivity contribution is 5.91. The summed E-state index contributed by atoms with van der Waals surface area (Å²) in [5.41, 5.74) is 4.43. The van der Waals surface area contributed by atoms with Crippen molar-refractivity contribution < 1.29 is 14.3 Å². The van der Waals surface area contributed by atoms with Gasteiger partial charge in [-0.05, 0) is 53.8 Å². The second-order valence-electron chi connectivity index (χ2n) is 9.02. The quantitative estimate of drug-likeness (QED) is 0.513. The molecular formula is C27H35N3O3. The Morgan fingerprint density at radius 3 is 2.55 bits per heavy atom. The van der Waals surface area contributed by atoms with Gasteiger partial charge in [0.05, 0.1) is 20.3 Å². The number of hydrogen-bond acceptors (Lipinski definition) is 4. The molecule has 3 aromatic rings. The smallest absolute Gasteiger partial charge is 0.220 e. The molecule has 33 heavy (non-hydrogen) atoms. The zero-order chi connectivity index (χ0) is 23.2. The first kappa shape index (κ1) is 23.3. The predicted octanol–water partition coefficient (Wildman–Crippen LogP) is 4.25. The van der Waals surface area contributed by atoms with Crippen LogP contribution < -0.4 is 10.1 Å². The molecule has 1 atom stereocenters. The number of aromatic nitrogens is 1. The van der Waals surface area contributed by atoms with E-state index in [-0.39, 0.29) is 5.91 Å². The van der Waals surface area contributed by atoms with Gasteiger partial charge in [-0.1, -0.05) is 32.0 Å². The molecule has 6 nitrogen and oxygen atoms in total. The highest BCUT2D eigenvalue weighted by Gasteiger charge is 2.24. The number of para-hydroxylation sites is 1. The lowest BCUT2D eigenvalue weighted by molar-refractivity contribution is -0.121. The molecule has 4 rings (SSSR count). The first-order valence-electron chi connectivity index (χ1n) is 11.9. The van der Waals surface area contributed by atoms with Crippen molar-refractivity contribution in [3.8, 4) is 17.0 Å². The van der Waals surface area contributed by atoms with E-state index >= 15 is 0 Å². The Bertz CT molecular complexity index is 1050. The molecule has 6 heteroatoms. The number of nitrogens with one attached hydrogen (secondary N) is 2. The molecule has 1 aliphatic heterocycles. The summed E-state index contributed by atoms with van der Waals surface area (Å²) in [4.78, 5) is 18.8. The average molecular weight is 450 g/mol. The van der Waals surface area contributed by atoms with E-state index in [1.54, 1.807) is 7.11 Å². The van der Waals surface area contributed by atoms with Crippen LogP contribution in [0, 0.1) is 5.92 Å². The van der Waals surface area contributed by atoms with Crippen LogP contribution in [0.2, 0.25) is 0 Å². The summed E-state index contributed by atoms with van der Waals surface area (Å²) in [6, 6.07) is 16.7. The molecule has 1 aliphatic rings. The maximum Gasteiger partial charge on any atom is 0.220 e. The molecule has 1 fully saturated rings.